The van der Waals surface area contributed by atoms with Gasteiger partial charge in [-0.3, -0.25) is 9.48 Å². The van der Waals surface area contributed by atoms with Crippen LogP contribution in [0.4, 0.5) is 0 Å². The van der Waals surface area contributed by atoms with Gasteiger partial charge in [0.25, 0.3) is 5.91 Å². The minimum absolute atomic E-state index is 0. The van der Waals surface area contributed by atoms with Gasteiger partial charge in [-0.15, -0.1) is 36.2 Å². The summed E-state index contributed by atoms with van der Waals surface area (Å²) in [6, 6.07) is 2.12. The van der Waals surface area contributed by atoms with Crippen molar-refractivity contribution in [3.8, 4) is 0 Å². The molecule has 2 N–H and O–H groups in total. The third kappa shape index (κ3) is 4.69. The molecule has 0 radical (unpaired) electrons. The highest BCUT2D eigenvalue weighted by Gasteiger charge is 2.27. The lowest BCUT2D eigenvalue weighted by molar-refractivity contribution is 0.0905. The topological polar surface area (TPSA) is 71.8 Å². The molecule has 3 heterocycles. The van der Waals surface area contributed by atoms with Gasteiger partial charge >= 0.3 is 0 Å². The molecule has 6 nitrogen and oxygen atoms in total. The fourth-order valence-corrected chi connectivity index (χ4v) is 3.37. The van der Waals surface area contributed by atoms with Gasteiger partial charge in [0, 0.05) is 24.3 Å². The molecule has 0 bridgehead atoms. The van der Waals surface area contributed by atoms with Gasteiger partial charge in [0.05, 0.1) is 11.6 Å². The maximum absolute atomic E-state index is 12.4. The van der Waals surface area contributed by atoms with Crippen LogP contribution in [0.5, 0.6) is 0 Å². The molecule has 9 heteroatoms. The molecule has 1 unspecified atom stereocenters. The number of carbonyl (C=O) groups excluding carboxylic acids is 1. The molecule has 0 spiro atoms. The largest absolute Gasteiger partial charge is 0.339 e. The lowest BCUT2D eigenvalue weighted by Crippen LogP contribution is -2.41. The SMILES string of the molecule is CC(C)(NC(=O)c1ccn(C2CCCNC2)n1)c1nccs1.Cl.Cl. The number of piperidine rings is 1. The summed E-state index contributed by atoms with van der Waals surface area (Å²) in [7, 11) is 0. The van der Waals surface area contributed by atoms with Crippen LogP contribution in [0.2, 0.25) is 0 Å². The molecule has 2 aromatic heterocycles. The van der Waals surface area contributed by atoms with Gasteiger partial charge in [-0.25, -0.2) is 4.98 Å². The molecular weight excluding hydrogens is 369 g/mol. The van der Waals surface area contributed by atoms with Gasteiger partial charge in [0.2, 0.25) is 0 Å². The molecule has 3 rings (SSSR count). The summed E-state index contributed by atoms with van der Waals surface area (Å²) in [5, 5.41) is 13.6. The van der Waals surface area contributed by atoms with E-state index in [0.717, 1.165) is 30.9 Å². The van der Waals surface area contributed by atoms with Crippen molar-refractivity contribution in [3.63, 3.8) is 0 Å². The first-order chi connectivity index (χ1) is 10.6. The van der Waals surface area contributed by atoms with Crippen LogP contribution in [0.3, 0.4) is 0 Å². The average molecular weight is 392 g/mol. The van der Waals surface area contributed by atoms with Crippen molar-refractivity contribution in [2.45, 2.75) is 38.3 Å². The maximum Gasteiger partial charge on any atom is 0.272 e. The molecule has 0 saturated carbocycles. The molecule has 1 amide bonds. The van der Waals surface area contributed by atoms with E-state index >= 15 is 0 Å². The Hall–Kier alpha value is -1.15. The van der Waals surface area contributed by atoms with Crippen LogP contribution < -0.4 is 10.6 Å². The first-order valence-electron chi connectivity index (χ1n) is 7.54. The smallest absolute Gasteiger partial charge is 0.272 e. The normalized spacial score (nSPS) is 17.5. The Labute approximate surface area is 158 Å². The van der Waals surface area contributed by atoms with E-state index < -0.39 is 5.54 Å². The second-order valence-electron chi connectivity index (χ2n) is 6.10. The van der Waals surface area contributed by atoms with E-state index in [-0.39, 0.29) is 30.7 Å². The highest BCUT2D eigenvalue weighted by Crippen LogP contribution is 2.22. The van der Waals surface area contributed by atoms with Gasteiger partial charge in [0.15, 0.2) is 0 Å². The van der Waals surface area contributed by atoms with Gasteiger partial charge in [-0.2, -0.15) is 5.10 Å². The number of rotatable bonds is 4. The Morgan fingerprint density at radius 1 is 1.46 bits per heavy atom. The van der Waals surface area contributed by atoms with E-state index in [0.29, 0.717) is 11.7 Å². The van der Waals surface area contributed by atoms with Crippen LogP contribution in [-0.2, 0) is 5.54 Å². The van der Waals surface area contributed by atoms with Gasteiger partial charge in [-0.05, 0) is 39.3 Å². The first-order valence-corrected chi connectivity index (χ1v) is 8.42. The number of hydrogen-bond donors (Lipinski definition) is 2. The number of thiazole rings is 1. The highest BCUT2D eigenvalue weighted by atomic mass is 35.5. The second kappa shape index (κ2) is 8.80. The monoisotopic (exact) mass is 391 g/mol. The van der Waals surface area contributed by atoms with Crippen molar-refractivity contribution < 1.29 is 4.79 Å². The minimum Gasteiger partial charge on any atom is -0.339 e. The van der Waals surface area contributed by atoms with Crippen LogP contribution in [0, 0.1) is 0 Å². The maximum atomic E-state index is 12.4. The van der Waals surface area contributed by atoms with E-state index in [4.69, 9.17) is 0 Å². The van der Waals surface area contributed by atoms with Crippen molar-refractivity contribution in [3.05, 3.63) is 34.5 Å². The lowest BCUT2D eigenvalue weighted by Gasteiger charge is -2.24. The zero-order chi connectivity index (χ0) is 15.6. The fourth-order valence-electron chi connectivity index (χ4n) is 2.66. The zero-order valence-electron chi connectivity index (χ0n) is 13.7. The Morgan fingerprint density at radius 2 is 2.25 bits per heavy atom. The van der Waals surface area contributed by atoms with Crippen LogP contribution in [0.1, 0.15) is 48.2 Å². The van der Waals surface area contributed by atoms with Crippen LogP contribution in [0.25, 0.3) is 0 Å². The Morgan fingerprint density at radius 3 is 2.88 bits per heavy atom. The predicted molar refractivity (Wildman–Crippen MR) is 100 cm³/mol. The summed E-state index contributed by atoms with van der Waals surface area (Å²) in [6.07, 6.45) is 5.88. The van der Waals surface area contributed by atoms with Crippen molar-refractivity contribution in [2.75, 3.05) is 13.1 Å². The molecule has 2 aromatic rings. The Balaban J connectivity index is 0.00000144. The Bertz CT molecular complexity index is 638. The first kappa shape index (κ1) is 20.9. The van der Waals surface area contributed by atoms with E-state index in [1.165, 1.54) is 11.3 Å². The molecule has 0 aliphatic carbocycles. The summed E-state index contributed by atoms with van der Waals surface area (Å²) in [5.74, 6) is -0.164. The van der Waals surface area contributed by atoms with Crippen LogP contribution in [0.15, 0.2) is 23.8 Å². The number of carbonyl (C=O) groups is 1. The molecule has 1 aliphatic heterocycles. The van der Waals surface area contributed by atoms with Crippen LogP contribution >= 0.6 is 36.2 Å². The van der Waals surface area contributed by atoms with E-state index in [9.17, 15) is 4.79 Å². The number of halogens is 2. The van der Waals surface area contributed by atoms with Crippen molar-refractivity contribution >= 4 is 42.1 Å². The predicted octanol–water partition coefficient (Wildman–Crippen LogP) is 2.77. The second-order valence-corrected chi connectivity index (χ2v) is 6.99. The number of aromatic nitrogens is 3. The third-order valence-corrected chi connectivity index (χ3v) is 4.98. The summed E-state index contributed by atoms with van der Waals surface area (Å²) in [6.45, 7) is 5.87. The van der Waals surface area contributed by atoms with Gasteiger partial charge in [0.1, 0.15) is 10.7 Å². The average Bonchev–Trinajstić information content (AvgIpc) is 3.20. The number of nitrogens with zero attached hydrogens (tertiary/aromatic N) is 3. The summed E-state index contributed by atoms with van der Waals surface area (Å²) >= 11 is 1.54. The number of amides is 1. The quantitative estimate of drug-likeness (QED) is 0.840. The van der Waals surface area contributed by atoms with E-state index in [1.54, 1.807) is 12.3 Å². The molecular formula is C15H23Cl2N5OS. The molecule has 134 valence electrons. The molecule has 1 atom stereocenters. The number of hydrogen-bond acceptors (Lipinski definition) is 5. The lowest BCUT2D eigenvalue weighted by atomic mass is 10.1. The molecule has 24 heavy (non-hydrogen) atoms. The van der Waals surface area contributed by atoms with Crippen molar-refractivity contribution in [1.82, 2.24) is 25.4 Å². The standard InChI is InChI=1S/C15H21N5OS.2ClH/c1-15(2,14-17-7-9-22-14)18-13(21)12-5-8-20(19-12)11-4-3-6-16-10-11;;/h5,7-9,11,16H,3-4,6,10H2,1-2H3,(H,18,21);2*1H. The van der Waals surface area contributed by atoms with Gasteiger partial charge < -0.3 is 10.6 Å². The summed E-state index contributed by atoms with van der Waals surface area (Å²) < 4.78 is 1.90. The highest BCUT2D eigenvalue weighted by molar-refractivity contribution is 7.09. The van der Waals surface area contributed by atoms with Crippen molar-refractivity contribution in [2.24, 2.45) is 0 Å². The molecule has 1 saturated heterocycles. The minimum atomic E-state index is -0.499. The summed E-state index contributed by atoms with van der Waals surface area (Å²) in [4.78, 5) is 16.7. The summed E-state index contributed by atoms with van der Waals surface area (Å²) in [5.41, 5.74) is -0.0447. The molecule has 1 fully saturated rings. The Kier molecular flexibility index (Phi) is 7.66. The van der Waals surface area contributed by atoms with E-state index in [2.05, 4.69) is 20.7 Å². The zero-order valence-corrected chi connectivity index (χ0v) is 16.1. The third-order valence-electron chi connectivity index (χ3n) is 3.88. The molecule has 1 aliphatic rings. The van der Waals surface area contributed by atoms with Crippen molar-refractivity contribution in [1.29, 1.82) is 0 Å². The van der Waals surface area contributed by atoms with Crippen LogP contribution in [-0.4, -0.2) is 33.8 Å². The van der Waals surface area contributed by atoms with E-state index in [1.807, 2.05) is 30.1 Å². The molecule has 0 aromatic carbocycles. The van der Waals surface area contributed by atoms with Gasteiger partial charge in [-0.1, -0.05) is 0 Å². The fraction of sp³-hybridized carbons (Fsp3) is 0.533. The number of nitrogens with one attached hydrogen (secondary N) is 2.